The summed E-state index contributed by atoms with van der Waals surface area (Å²) in [7, 11) is 0. The number of carboxylic acid groups (broad SMARTS) is 1. The summed E-state index contributed by atoms with van der Waals surface area (Å²) in [5.74, 6) is -0.439. The highest BCUT2D eigenvalue weighted by Crippen LogP contribution is 2.34. The maximum Gasteiger partial charge on any atom is 0.337 e. The van der Waals surface area contributed by atoms with Crippen molar-refractivity contribution in [1.82, 2.24) is 0 Å². The number of hydrogen-bond acceptors (Lipinski definition) is 3. The molecule has 1 aromatic carbocycles. The van der Waals surface area contributed by atoms with Gasteiger partial charge in [-0.1, -0.05) is 24.4 Å². The van der Waals surface area contributed by atoms with Gasteiger partial charge in [-0.3, -0.25) is 0 Å². The van der Waals surface area contributed by atoms with Crippen LogP contribution >= 0.6 is 11.6 Å². The first-order valence-corrected chi connectivity index (χ1v) is 6.95. The molecule has 4 nitrogen and oxygen atoms in total. The van der Waals surface area contributed by atoms with Crippen molar-refractivity contribution in [2.45, 2.75) is 38.6 Å². The molecule has 0 bridgehead atoms. The zero-order valence-electron chi connectivity index (χ0n) is 10.9. The Hall–Kier alpha value is -1.42. The van der Waals surface area contributed by atoms with E-state index < -0.39 is 5.97 Å². The largest absolute Gasteiger partial charge is 0.478 e. The first kappa shape index (κ1) is 14.0. The van der Waals surface area contributed by atoms with E-state index in [0.29, 0.717) is 22.3 Å². The Morgan fingerprint density at radius 1 is 1.47 bits per heavy atom. The molecule has 4 N–H and O–H groups in total. The van der Waals surface area contributed by atoms with E-state index in [1.54, 1.807) is 6.07 Å². The van der Waals surface area contributed by atoms with E-state index in [4.69, 9.17) is 17.3 Å². The molecule has 2 rings (SSSR count). The van der Waals surface area contributed by atoms with Crippen LogP contribution in [-0.2, 0) is 0 Å². The molecule has 1 aliphatic carbocycles. The van der Waals surface area contributed by atoms with Gasteiger partial charge in [0.25, 0.3) is 0 Å². The molecule has 1 aliphatic rings. The number of carbonyl (C=O) groups is 1. The third-order valence-electron chi connectivity index (χ3n) is 3.82. The van der Waals surface area contributed by atoms with Crippen LogP contribution in [0.15, 0.2) is 12.1 Å². The summed E-state index contributed by atoms with van der Waals surface area (Å²) < 4.78 is 0. The normalized spacial score (nSPS) is 17.4. The van der Waals surface area contributed by atoms with Gasteiger partial charge in [0.1, 0.15) is 0 Å². The number of benzene rings is 1. The van der Waals surface area contributed by atoms with Crippen LogP contribution < -0.4 is 11.1 Å². The minimum absolute atomic E-state index is 0.134. The molecule has 1 saturated carbocycles. The average molecular weight is 283 g/mol. The maximum absolute atomic E-state index is 11.3. The summed E-state index contributed by atoms with van der Waals surface area (Å²) in [5.41, 5.74) is 6.61. The molecule has 0 heterocycles. The fourth-order valence-corrected chi connectivity index (χ4v) is 3.03. The Bertz CT molecular complexity index is 485. The highest BCUT2D eigenvalue weighted by atomic mass is 35.5. The predicted molar refractivity (Wildman–Crippen MR) is 77.9 cm³/mol. The molecule has 0 radical (unpaired) electrons. The predicted octanol–water partition coefficient (Wildman–Crippen LogP) is 3.61. The lowest BCUT2D eigenvalue weighted by atomic mass is 9.99. The Labute approximate surface area is 117 Å². The Kier molecular flexibility index (Phi) is 4.20. The van der Waals surface area contributed by atoms with Crippen molar-refractivity contribution in [2.75, 3.05) is 11.1 Å². The minimum Gasteiger partial charge on any atom is -0.478 e. The van der Waals surface area contributed by atoms with Gasteiger partial charge in [0.15, 0.2) is 0 Å². The number of hydrogen-bond donors (Lipinski definition) is 3. The van der Waals surface area contributed by atoms with Gasteiger partial charge < -0.3 is 16.2 Å². The molecule has 104 valence electrons. The monoisotopic (exact) mass is 282 g/mol. The molecule has 1 fully saturated rings. The lowest BCUT2D eigenvalue weighted by Crippen LogP contribution is -2.25. The minimum atomic E-state index is -1.02. The molecular formula is C14H19ClN2O2. The highest BCUT2D eigenvalue weighted by Gasteiger charge is 2.24. The maximum atomic E-state index is 11.3. The van der Waals surface area contributed by atoms with E-state index >= 15 is 0 Å². The van der Waals surface area contributed by atoms with Crippen LogP contribution in [-0.4, -0.2) is 17.1 Å². The van der Waals surface area contributed by atoms with Gasteiger partial charge in [-0.05, 0) is 37.8 Å². The van der Waals surface area contributed by atoms with E-state index in [0.717, 1.165) is 0 Å². The van der Waals surface area contributed by atoms with E-state index in [-0.39, 0.29) is 11.6 Å². The summed E-state index contributed by atoms with van der Waals surface area (Å²) >= 11 is 6.12. The SMILES string of the molecule is CC(Nc1c(Cl)cc(N)cc1C(=O)O)C1CCCC1. The van der Waals surface area contributed by atoms with Crippen molar-refractivity contribution in [3.05, 3.63) is 22.7 Å². The van der Waals surface area contributed by atoms with Gasteiger partial charge in [0.05, 0.1) is 16.3 Å². The van der Waals surface area contributed by atoms with Gasteiger partial charge in [0, 0.05) is 11.7 Å². The molecule has 1 aromatic rings. The molecule has 0 saturated heterocycles. The molecule has 19 heavy (non-hydrogen) atoms. The molecule has 0 aliphatic heterocycles. The Morgan fingerprint density at radius 2 is 2.11 bits per heavy atom. The average Bonchev–Trinajstić information content (AvgIpc) is 2.85. The van der Waals surface area contributed by atoms with Gasteiger partial charge in [-0.2, -0.15) is 0 Å². The summed E-state index contributed by atoms with van der Waals surface area (Å²) in [6.45, 7) is 2.08. The van der Waals surface area contributed by atoms with Crippen LogP contribution in [0, 0.1) is 5.92 Å². The lowest BCUT2D eigenvalue weighted by Gasteiger charge is -2.23. The smallest absolute Gasteiger partial charge is 0.337 e. The fourth-order valence-electron chi connectivity index (χ4n) is 2.75. The van der Waals surface area contributed by atoms with Crippen LogP contribution in [0.3, 0.4) is 0 Å². The second kappa shape index (κ2) is 5.70. The third-order valence-corrected chi connectivity index (χ3v) is 4.12. The fraction of sp³-hybridized carbons (Fsp3) is 0.500. The van der Waals surface area contributed by atoms with Crippen molar-refractivity contribution >= 4 is 28.9 Å². The van der Waals surface area contributed by atoms with E-state index in [2.05, 4.69) is 12.2 Å². The van der Waals surface area contributed by atoms with Crippen LogP contribution in [0.2, 0.25) is 5.02 Å². The number of anilines is 2. The van der Waals surface area contributed by atoms with Crippen LogP contribution in [0.5, 0.6) is 0 Å². The summed E-state index contributed by atoms with van der Waals surface area (Å²) in [6, 6.07) is 3.23. The number of carboxylic acids is 1. The van der Waals surface area contributed by atoms with Gasteiger partial charge in [-0.15, -0.1) is 0 Å². The zero-order valence-corrected chi connectivity index (χ0v) is 11.7. The highest BCUT2D eigenvalue weighted by molar-refractivity contribution is 6.34. The van der Waals surface area contributed by atoms with Crippen molar-refractivity contribution in [3.63, 3.8) is 0 Å². The van der Waals surface area contributed by atoms with Crippen molar-refractivity contribution in [2.24, 2.45) is 5.92 Å². The second-order valence-electron chi connectivity index (χ2n) is 5.21. The topological polar surface area (TPSA) is 75.3 Å². The Balaban J connectivity index is 2.25. The summed E-state index contributed by atoms with van der Waals surface area (Å²) in [5, 5.41) is 12.9. The molecule has 1 unspecified atom stereocenters. The summed E-state index contributed by atoms with van der Waals surface area (Å²) in [4.78, 5) is 11.3. The first-order chi connectivity index (χ1) is 8.99. The molecule has 0 spiro atoms. The molecule has 1 atom stereocenters. The van der Waals surface area contributed by atoms with Crippen molar-refractivity contribution < 1.29 is 9.90 Å². The number of rotatable bonds is 4. The number of nitrogens with two attached hydrogens (primary N) is 1. The Morgan fingerprint density at radius 3 is 2.68 bits per heavy atom. The van der Waals surface area contributed by atoms with Gasteiger partial charge in [0.2, 0.25) is 0 Å². The standard InChI is InChI=1S/C14H19ClN2O2/c1-8(9-4-2-3-5-9)17-13-11(14(18)19)6-10(16)7-12(13)15/h6-9,17H,2-5,16H2,1H3,(H,18,19). The first-order valence-electron chi connectivity index (χ1n) is 6.58. The van der Waals surface area contributed by atoms with E-state index in [9.17, 15) is 9.90 Å². The number of nitrogen functional groups attached to an aromatic ring is 1. The molecule has 5 heteroatoms. The number of halogens is 1. The van der Waals surface area contributed by atoms with Crippen molar-refractivity contribution in [1.29, 1.82) is 0 Å². The van der Waals surface area contributed by atoms with Crippen LogP contribution in [0.25, 0.3) is 0 Å². The van der Waals surface area contributed by atoms with E-state index in [1.807, 2.05) is 0 Å². The number of aromatic carboxylic acids is 1. The second-order valence-corrected chi connectivity index (χ2v) is 5.62. The van der Waals surface area contributed by atoms with Gasteiger partial charge in [-0.25, -0.2) is 4.79 Å². The van der Waals surface area contributed by atoms with Crippen LogP contribution in [0.1, 0.15) is 43.0 Å². The van der Waals surface area contributed by atoms with Crippen LogP contribution in [0.4, 0.5) is 11.4 Å². The lowest BCUT2D eigenvalue weighted by molar-refractivity contribution is 0.0698. The van der Waals surface area contributed by atoms with E-state index in [1.165, 1.54) is 31.7 Å². The number of nitrogens with one attached hydrogen (secondary N) is 1. The summed E-state index contributed by atoms with van der Waals surface area (Å²) in [6.07, 6.45) is 4.86. The quantitative estimate of drug-likeness (QED) is 0.738. The third kappa shape index (κ3) is 3.13. The zero-order chi connectivity index (χ0) is 14.0. The molecule has 0 aromatic heterocycles. The van der Waals surface area contributed by atoms with Crippen molar-refractivity contribution in [3.8, 4) is 0 Å². The van der Waals surface area contributed by atoms with Gasteiger partial charge >= 0.3 is 5.97 Å². The molecular weight excluding hydrogens is 264 g/mol. The molecule has 0 amide bonds.